The number of hydrogen-bond acceptors (Lipinski definition) is 1. The monoisotopic (exact) mass is 359 g/mol. The van der Waals surface area contributed by atoms with E-state index in [-0.39, 0.29) is 0 Å². The Morgan fingerprint density at radius 1 is 0.704 bits per heavy atom. The third kappa shape index (κ3) is 5.13. The maximum atomic E-state index is 6.65. The van der Waals surface area contributed by atoms with Gasteiger partial charge in [-0.05, 0) is 29.4 Å². The second-order valence-electron chi connectivity index (χ2n) is 7.64. The molecule has 3 aromatic rings. The van der Waals surface area contributed by atoms with Crippen molar-refractivity contribution in [1.82, 2.24) is 0 Å². The molecule has 3 rings (SSSR count). The van der Waals surface area contributed by atoms with Crippen LogP contribution in [0.3, 0.4) is 0 Å². The van der Waals surface area contributed by atoms with Gasteiger partial charge in [-0.2, -0.15) is 0 Å². The van der Waals surface area contributed by atoms with Gasteiger partial charge in [-0.15, -0.1) is 0 Å². The van der Waals surface area contributed by atoms with Crippen LogP contribution in [0, 0.1) is 0 Å². The highest BCUT2D eigenvalue weighted by atomic mass is 14.6. The summed E-state index contributed by atoms with van der Waals surface area (Å²) in [5.74, 6) is 0. The van der Waals surface area contributed by atoms with E-state index in [2.05, 4.69) is 67.6 Å². The number of hydrogen-bond donors (Lipinski definition) is 1. The third-order valence-electron chi connectivity index (χ3n) is 5.53. The predicted octanol–water partition coefficient (Wildman–Crippen LogP) is 7.77. The van der Waals surface area contributed by atoms with Crippen LogP contribution in [0.25, 0.3) is 21.9 Å². The molecule has 0 atom stereocenters. The molecule has 0 aliphatic carbocycles. The van der Waals surface area contributed by atoms with Gasteiger partial charge in [-0.3, -0.25) is 0 Å². The van der Waals surface area contributed by atoms with E-state index < -0.39 is 0 Å². The molecule has 0 saturated carbocycles. The Bertz CT molecular complexity index is 835. The third-order valence-corrected chi connectivity index (χ3v) is 5.53. The van der Waals surface area contributed by atoms with Gasteiger partial charge in [0.2, 0.25) is 0 Å². The number of anilines is 1. The molecule has 0 aromatic heterocycles. The van der Waals surface area contributed by atoms with Gasteiger partial charge < -0.3 is 5.73 Å². The van der Waals surface area contributed by atoms with Crippen LogP contribution in [0.2, 0.25) is 0 Å². The topological polar surface area (TPSA) is 26.0 Å². The van der Waals surface area contributed by atoms with E-state index in [4.69, 9.17) is 5.73 Å². The Morgan fingerprint density at radius 3 is 2.07 bits per heavy atom. The lowest BCUT2D eigenvalue weighted by molar-refractivity contribution is 0.576. The van der Waals surface area contributed by atoms with Crippen molar-refractivity contribution in [2.45, 2.75) is 64.7 Å². The number of nitrogens with two attached hydrogens (primary N) is 1. The van der Waals surface area contributed by atoms with Gasteiger partial charge in [-0.1, -0.05) is 113 Å². The summed E-state index contributed by atoms with van der Waals surface area (Å²) < 4.78 is 0. The molecule has 0 spiro atoms. The summed E-state index contributed by atoms with van der Waals surface area (Å²) in [5.41, 5.74) is 11.4. The van der Waals surface area contributed by atoms with Crippen LogP contribution in [0.5, 0.6) is 0 Å². The van der Waals surface area contributed by atoms with E-state index in [1.807, 2.05) is 0 Å². The molecule has 0 aliphatic heterocycles. The number of aryl methyl sites for hydroxylation is 1. The average molecular weight is 360 g/mol. The molecule has 1 nitrogen and oxygen atoms in total. The average Bonchev–Trinajstić information content (AvgIpc) is 2.71. The quantitative estimate of drug-likeness (QED) is 0.290. The minimum atomic E-state index is 0.925. The van der Waals surface area contributed by atoms with Crippen molar-refractivity contribution in [2.24, 2.45) is 0 Å². The molecule has 0 radical (unpaired) electrons. The number of fused-ring (bicyclic) bond motifs is 1. The van der Waals surface area contributed by atoms with Crippen molar-refractivity contribution in [3.63, 3.8) is 0 Å². The van der Waals surface area contributed by atoms with E-state index >= 15 is 0 Å². The minimum absolute atomic E-state index is 0.925. The Morgan fingerprint density at radius 2 is 1.33 bits per heavy atom. The molecule has 2 N–H and O–H groups in total. The number of rotatable bonds is 10. The van der Waals surface area contributed by atoms with Crippen LogP contribution < -0.4 is 5.73 Å². The lowest BCUT2D eigenvalue weighted by Crippen LogP contribution is -1.99. The van der Waals surface area contributed by atoms with Crippen LogP contribution >= 0.6 is 0 Å². The highest BCUT2D eigenvalue weighted by molar-refractivity contribution is 6.02. The van der Waals surface area contributed by atoms with Crippen LogP contribution in [-0.2, 0) is 6.42 Å². The van der Waals surface area contributed by atoms with Gasteiger partial charge in [0, 0.05) is 16.6 Å². The second kappa shape index (κ2) is 10.2. The zero-order valence-corrected chi connectivity index (χ0v) is 16.7. The van der Waals surface area contributed by atoms with Crippen LogP contribution in [0.15, 0.2) is 60.7 Å². The van der Waals surface area contributed by atoms with Crippen LogP contribution in [0.1, 0.15) is 63.9 Å². The fraction of sp³-hybridized carbons (Fsp3) is 0.385. The summed E-state index contributed by atoms with van der Waals surface area (Å²) in [6, 6.07) is 21.5. The molecule has 0 saturated heterocycles. The van der Waals surface area contributed by atoms with E-state index in [1.165, 1.54) is 73.4 Å². The zero-order chi connectivity index (χ0) is 18.9. The summed E-state index contributed by atoms with van der Waals surface area (Å²) in [5, 5.41) is 2.42. The molecule has 142 valence electrons. The second-order valence-corrected chi connectivity index (χ2v) is 7.64. The fourth-order valence-electron chi connectivity index (χ4n) is 4.03. The fourth-order valence-corrected chi connectivity index (χ4v) is 4.03. The highest BCUT2D eigenvalue weighted by Gasteiger charge is 2.12. The molecule has 0 fully saturated rings. The van der Waals surface area contributed by atoms with Crippen molar-refractivity contribution < 1.29 is 0 Å². The first kappa shape index (κ1) is 19.5. The maximum absolute atomic E-state index is 6.65. The molecule has 27 heavy (non-hydrogen) atoms. The number of benzene rings is 3. The molecule has 0 heterocycles. The standard InChI is InChI=1S/C26H33N/c1-2-3-4-5-6-7-8-10-18-23-20-22-17-13-14-19-24(22)26(27)25(23)21-15-11-9-12-16-21/h9,11-17,19-20H,2-8,10,18,27H2,1H3. The maximum Gasteiger partial charge on any atom is 0.0476 e. The summed E-state index contributed by atoms with van der Waals surface area (Å²) in [6.45, 7) is 2.28. The highest BCUT2D eigenvalue weighted by Crippen LogP contribution is 2.36. The van der Waals surface area contributed by atoms with Gasteiger partial charge >= 0.3 is 0 Å². The Hall–Kier alpha value is -2.28. The van der Waals surface area contributed by atoms with Crippen molar-refractivity contribution >= 4 is 16.5 Å². The SMILES string of the molecule is CCCCCCCCCCc1cc2ccccc2c(N)c1-c1ccccc1. The first-order valence-corrected chi connectivity index (χ1v) is 10.7. The summed E-state index contributed by atoms with van der Waals surface area (Å²) in [7, 11) is 0. The lowest BCUT2D eigenvalue weighted by Gasteiger charge is -2.16. The first-order valence-electron chi connectivity index (χ1n) is 10.7. The Labute approximate surface area is 164 Å². The Balaban J connectivity index is 1.74. The van der Waals surface area contributed by atoms with Gasteiger partial charge in [0.1, 0.15) is 0 Å². The Kier molecular flexibility index (Phi) is 7.33. The van der Waals surface area contributed by atoms with Crippen LogP contribution in [-0.4, -0.2) is 0 Å². The minimum Gasteiger partial charge on any atom is -0.398 e. The summed E-state index contributed by atoms with van der Waals surface area (Å²) >= 11 is 0. The smallest absolute Gasteiger partial charge is 0.0476 e. The van der Waals surface area contributed by atoms with Crippen molar-refractivity contribution in [3.8, 4) is 11.1 Å². The van der Waals surface area contributed by atoms with E-state index in [0.717, 1.165) is 17.5 Å². The van der Waals surface area contributed by atoms with Crippen LogP contribution in [0.4, 0.5) is 5.69 Å². The van der Waals surface area contributed by atoms with Crippen molar-refractivity contribution in [3.05, 3.63) is 66.2 Å². The lowest BCUT2D eigenvalue weighted by atomic mass is 9.90. The van der Waals surface area contributed by atoms with Gasteiger partial charge in [0.15, 0.2) is 0 Å². The van der Waals surface area contributed by atoms with Crippen molar-refractivity contribution in [2.75, 3.05) is 5.73 Å². The first-order chi connectivity index (χ1) is 13.3. The molecule has 0 unspecified atom stereocenters. The van der Waals surface area contributed by atoms with E-state index in [1.54, 1.807) is 0 Å². The number of nitrogen functional groups attached to an aromatic ring is 1. The molecule has 3 aromatic carbocycles. The van der Waals surface area contributed by atoms with E-state index in [9.17, 15) is 0 Å². The largest absolute Gasteiger partial charge is 0.398 e. The zero-order valence-electron chi connectivity index (χ0n) is 16.7. The van der Waals surface area contributed by atoms with Gasteiger partial charge in [-0.25, -0.2) is 0 Å². The molecular weight excluding hydrogens is 326 g/mol. The van der Waals surface area contributed by atoms with E-state index in [0.29, 0.717) is 0 Å². The summed E-state index contributed by atoms with van der Waals surface area (Å²) in [4.78, 5) is 0. The molecular formula is C26H33N. The normalized spacial score (nSPS) is 11.1. The summed E-state index contributed by atoms with van der Waals surface area (Å²) in [6.07, 6.45) is 11.9. The predicted molar refractivity (Wildman–Crippen MR) is 120 cm³/mol. The van der Waals surface area contributed by atoms with Gasteiger partial charge in [0.05, 0.1) is 0 Å². The molecule has 0 aliphatic rings. The molecule has 0 bridgehead atoms. The van der Waals surface area contributed by atoms with Crippen molar-refractivity contribution in [1.29, 1.82) is 0 Å². The molecule has 1 heteroatoms. The van der Waals surface area contributed by atoms with Gasteiger partial charge in [0.25, 0.3) is 0 Å². The molecule has 0 amide bonds. The number of unbranched alkanes of at least 4 members (excludes halogenated alkanes) is 7.